The van der Waals surface area contributed by atoms with E-state index < -0.39 is 5.97 Å². The van der Waals surface area contributed by atoms with Crippen LogP contribution in [0.2, 0.25) is 0 Å². The van der Waals surface area contributed by atoms with Crippen LogP contribution >= 0.6 is 0 Å². The van der Waals surface area contributed by atoms with Crippen LogP contribution in [0.5, 0.6) is 0 Å². The van der Waals surface area contributed by atoms with E-state index in [4.69, 9.17) is 0 Å². The molecule has 0 spiro atoms. The largest absolute Gasteiger partial charge is 0.469 e. The third-order valence-corrected chi connectivity index (χ3v) is 3.05. The summed E-state index contributed by atoms with van der Waals surface area (Å²) in [5, 5.41) is 0. The Morgan fingerprint density at radius 2 is 1.62 bits per heavy atom. The SMILES string of the molecule is COC(=O)CC(=O)c1ccccc1/C=C/c1ccccc1. The molecule has 2 aromatic carbocycles. The van der Waals surface area contributed by atoms with Gasteiger partial charge in [0.1, 0.15) is 6.42 Å². The van der Waals surface area contributed by atoms with Crippen LogP contribution in [0.1, 0.15) is 27.9 Å². The molecule has 0 atom stereocenters. The van der Waals surface area contributed by atoms with Crippen LogP contribution in [0.3, 0.4) is 0 Å². The van der Waals surface area contributed by atoms with Gasteiger partial charge in [-0.25, -0.2) is 0 Å². The highest BCUT2D eigenvalue weighted by Gasteiger charge is 2.14. The highest BCUT2D eigenvalue weighted by molar-refractivity contribution is 6.08. The van der Waals surface area contributed by atoms with Crippen molar-refractivity contribution in [3.63, 3.8) is 0 Å². The summed E-state index contributed by atoms with van der Waals surface area (Å²) < 4.78 is 4.53. The molecule has 0 heterocycles. The van der Waals surface area contributed by atoms with Gasteiger partial charge in [-0.2, -0.15) is 0 Å². The summed E-state index contributed by atoms with van der Waals surface area (Å²) in [6.45, 7) is 0. The number of Topliss-reactive ketones (excluding diaryl/α,β-unsaturated/α-hetero) is 1. The normalized spacial score (nSPS) is 10.5. The molecule has 0 amide bonds. The lowest BCUT2D eigenvalue weighted by Gasteiger charge is -2.04. The number of hydrogen-bond donors (Lipinski definition) is 0. The van der Waals surface area contributed by atoms with Crippen molar-refractivity contribution in [3.8, 4) is 0 Å². The Kier molecular flexibility index (Phi) is 5.04. The van der Waals surface area contributed by atoms with Crippen LogP contribution in [-0.4, -0.2) is 18.9 Å². The van der Waals surface area contributed by atoms with E-state index in [2.05, 4.69) is 4.74 Å². The number of benzene rings is 2. The van der Waals surface area contributed by atoms with E-state index in [1.54, 1.807) is 12.1 Å². The Hall–Kier alpha value is -2.68. The third kappa shape index (κ3) is 4.14. The zero-order chi connectivity index (χ0) is 15.1. The lowest BCUT2D eigenvalue weighted by Crippen LogP contribution is -2.10. The summed E-state index contributed by atoms with van der Waals surface area (Å²) in [6, 6.07) is 17.0. The standard InChI is InChI=1S/C18H16O3/c1-21-18(20)13-17(19)16-10-6-5-9-15(16)12-11-14-7-3-2-4-8-14/h2-12H,13H2,1H3/b12-11+. The van der Waals surface area contributed by atoms with Crippen molar-refractivity contribution >= 4 is 23.9 Å². The van der Waals surface area contributed by atoms with Gasteiger partial charge in [-0.05, 0) is 11.1 Å². The van der Waals surface area contributed by atoms with Crippen molar-refractivity contribution in [3.05, 3.63) is 71.3 Å². The van der Waals surface area contributed by atoms with E-state index in [-0.39, 0.29) is 12.2 Å². The molecule has 0 aliphatic rings. The molecule has 2 aromatic rings. The zero-order valence-electron chi connectivity index (χ0n) is 11.8. The number of methoxy groups -OCH3 is 1. The summed E-state index contributed by atoms with van der Waals surface area (Å²) >= 11 is 0. The number of carbonyl (C=O) groups excluding carboxylic acids is 2. The molecule has 0 aromatic heterocycles. The first-order valence-corrected chi connectivity index (χ1v) is 6.63. The molecule has 0 saturated heterocycles. The Morgan fingerprint density at radius 3 is 2.33 bits per heavy atom. The zero-order valence-corrected chi connectivity index (χ0v) is 11.8. The van der Waals surface area contributed by atoms with Crippen LogP contribution < -0.4 is 0 Å². The summed E-state index contributed by atoms with van der Waals surface area (Å²) in [7, 11) is 1.27. The minimum absolute atomic E-state index is 0.241. The second-order valence-electron chi connectivity index (χ2n) is 4.51. The molecular weight excluding hydrogens is 264 g/mol. The van der Waals surface area contributed by atoms with Gasteiger partial charge in [-0.15, -0.1) is 0 Å². The number of ketones is 1. The maximum atomic E-state index is 12.1. The van der Waals surface area contributed by atoms with Gasteiger partial charge in [0.05, 0.1) is 7.11 Å². The van der Waals surface area contributed by atoms with Crippen LogP contribution in [0.25, 0.3) is 12.2 Å². The third-order valence-electron chi connectivity index (χ3n) is 3.05. The van der Waals surface area contributed by atoms with Gasteiger partial charge in [-0.1, -0.05) is 66.7 Å². The Balaban J connectivity index is 2.23. The van der Waals surface area contributed by atoms with E-state index in [0.29, 0.717) is 5.56 Å². The smallest absolute Gasteiger partial charge is 0.313 e. The maximum absolute atomic E-state index is 12.1. The van der Waals surface area contributed by atoms with Crippen molar-refractivity contribution in [1.82, 2.24) is 0 Å². The molecule has 106 valence electrons. The molecular formula is C18H16O3. The van der Waals surface area contributed by atoms with Crippen LogP contribution in [0.15, 0.2) is 54.6 Å². The second-order valence-corrected chi connectivity index (χ2v) is 4.51. The fourth-order valence-corrected chi connectivity index (χ4v) is 1.94. The minimum Gasteiger partial charge on any atom is -0.469 e. The summed E-state index contributed by atoms with van der Waals surface area (Å²) in [6.07, 6.45) is 3.57. The van der Waals surface area contributed by atoms with Crippen molar-refractivity contribution < 1.29 is 14.3 Å². The maximum Gasteiger partial charge on any atom is 0.313 e. The molecule has 0 unspecified atom stereocenters. The molecule has 0 aliphatic heterocycles. The molecule has 0 N–H and O–H groups in total. The van der Waals surface area contributed by atoms with E-state index in [1.165, 1.54) is 7.11 Å². The van der Waals surface area contributed by atoms with Gasteiger partial charge in [0.2, 0.25) is 0 Å². The molecule has 3 nitrogen and oxygen atoms in total. The van der Waals surface area contributed by atoms with Crippen LogP contribution in [0.4, 0.5) is 0 Å². The Bertz CT molecular complexity index is 657. The van der Waals surface area contributed by atoms with E-state index in [1.807, 2.05) is 54.6 Å². The van der Waals surface area contributed by atoms with E-state index in [0.717, 1.165) is 11.1 Å². The summed E-state index contributed by atoms with van der Waals surface area (Å²) in [5.74, 6) is -0.767. The molecule has 3 heteroatoms. The number of ether oxygens (including phenoxy) is 1. The first-order chi connectivity index (χ1) is 10.2. The van der Waals surface area contributed by atoms with Gasteiger partial charge in [-0.3, -0.25) is 9.59 Å². The molecule has 21 heavy (non-hydrogen) atoms. The number of carbonyl (C=O) groups is 2. The van der Waals surface area contributed by atoms with E-state index in [9.17, 15) is 9.59 Å². The van der Waals surface area contributed by atoms with Crippen molar-refractivity contribution in [2.75, 3.05) is 7.11 Å². The average molecular weight is 280 g/mol. The monoisotopic (exact) mass is 280 g/mol. The van der Waals surface area contributed by atoms with Gasteiger partial charge in [0.25, 0.3) is 0 Å². The van der Waals surface area contributed by atoms with Gasteiger partial charge in [0.15, 0.2) is 5.78 Å². The predicted molar refractivity (Wildman–Crippen MR) is 82.8 cm³/mol. The van der Waals surface area contributed by atoms with Gasteiger partial charge >= 0.3 is 5.97 Å². The lowest BCUT2D eigenvalue weighted by atomic mass is 10.0. The summed E-state index contributed by atoms with van der Waals surface area (Å²) in [4.78, 5) is 23.3. The second kappa shape index (κ2) is 7.20. The van der Waals surface area contributed by atoms with Crippen LogP contribution in [-0.2, 0) is 9.53 Å². The van der Waals surface area contributed by atoms with Crippen LogP contribution in [0, 0.1) is 0 Å². The number of rotatable bonds is 5. The average Bonchev–Trinajstić information content (AvgIpc) is 2.54. The first kappa shape index (κ1) is 14.7. The van der Waals surface area contributed by atoms with Crippen molar-refractivity contribution in [1.29, 1.82) is 0 Å². The lowest BCUT2D eigenvalue weighted by molar-refractivity contribution is -0.139. The Morgan fingerprint density at radius 1 is 0.952 bits per heavy atom. The fourth-order valence-electron chi connectivity index (χ4n) is 1.94. The molecule has 2 rings (SSSR count). The predicted octanol–water partition coefficient (Wildman–Crippen LogP) is 3.60. The summed E-state index contributed by atoms with van der Waals surface area (Å²) in [5.41, 5.74) is 2.36. The fraction of sp³-hybridized carbons (Fsp3) is 0.111. The minimum atomic E-state index is -0.526. The van der Waals surface area contributed by atoms with E-state index >= 15 is 0 Å². The molecule has 0 bridgehead atoms. The quantitative estimate of drug-likeness (QED) is 0.364. The van der Waals surface area contributed by atoms with Gasteiger partial charge in [0, 0.05) is 5.56 Å². The highest BCUT2D eigenvalue weighted by atomic mass is 16.5. The molecule has 0 fully saturated rings. The van der Waals surface area contributed by atoms with Crippen molar-refractivity contribution in [2.24, 2.45) is 0 Å². The highest BCUT2D eigenvalue weighted by Crippen LogP contribution is 2.15. The number of hydrogen-bond acceptors (Lipinski definition) is 3. The van der Waals surface area contributed by atoms with Gasteiger partial charge < -0.3 is 4.74 Å². The molecule has 0 radical (unpaired) electrons. The Labute approximate surface area is 123 Å². The number of esters is 1. The topological polar surface area (TPSA) is 43.4 Å². The van der Waals surface area contributed by atoms with Crippen molar-refractivity contribution in [2.45, 2.75) is 6.42 Å². The molecule has 0 aliphatic carbocycles. The molecule has 0 saturated carbocycles. The first-order valence-electron chi connectivity index (χ1n) is 6.63.